The number of halogens is 1. The molecule has 0 spiro atoms. The molecule has 0 saturated heterocycles. The minimum Gasteiger partial charge on any atom is -0.497 e. The Kier molecular flexibility index (Phi) is 3.57. The number of hydrogen-bond donors (Lipinski definition) is 0. The average Bonchev–Trinajstić information content (AvgIpc) is 3.10. The van der Waals surface area contributed by atoms with E-state index in [1.807, 2.05) is 28.9 Å². The van der Waals surface area contributed by atoms with Gasteiger partial charge in [0.2, 0.25) is 5.95 Å². The molecule has 1 aliphatic rings. The maximum atomic E-state index is 13.2. The van der Waals surface area contributed by atoms with E-state index in [0.29, 0.717) is 12.4 Å². The first-order valence-corrected chi connectivity index (χ1v) is 7.61. The summed E-state index contributed by atoms with van der Waals surface area (Å²) < 4.78 is 20.2. The first kappa shape index (κ1) is 14.6. The van der Waals surface area contributed by atoms with Crippen molar-refractivity contribution in [3.8, 4) is 5.75 Å². The molecular weight excluding hydrogens is 307 g/mol. The molecule has 0 N–H and O–H groups in total. The molecule has 24 heavy (non-hydrogen) atoms. The summed E-state index contributed by atoms with van der Waals surface area (Å²) in [6, 6.07) is 14.2. The lowest BCUT2D eigenvalue weighted by molar-refractivity contribution is 0.414. The Labute approximate surface area is 138 Å². The number of fused-ring (bicyclic) bond motifs is 1. The second-order valence-corrected chi connectivity index (χ2v) is 5.56. The molecule has 0 radical (unpaired) electrons. The molecule has 2 heterocycles. The molecule has 5 nitrogen and oxygen atoms in total. The van der Waals surface area contributed by atoms with E-state index in [1.54, 1.807) is 19.2 Å². The zero-order valence-electron chi connectivity index (χ0n) is 13.1. The van der Waals surface area contributed by atoms with Gasteiger partial charge in [0, 0.05) is 6.42 Å². The van der Waals surface area contributed by atoms with Crippen molar-refractivity contribution >= 4 is 11.7 Å². The van der Waals surface area contributed by atoms with Gasteiger partial charge >= 0.3 is 0 Å². The molecule has 1 atom stereocenters. The van der Waals surface area contributed by atoms with E-state index in [4.69, 9.17) is 4.74 Å². The molecule has 4 rings (SSSR count). The van der Waals surface area contributed by atoms with Crippen molar-refractivity contribution in [3.63, 3.8) is 0 Å². The van der Waals surface area contributed by atoms with Gasteiger partial charge in [-0.25, -0.2) is 14.1 Å². The Morgan fingerprint density at radius 1 is 1.08 bits per heavy atom. The van der Waals surface area contributed by atoms with E-state index in [9.17, 15) is 4.39 Å². The van der Waals surface area contributed by atoms with Gasteiger partial charge < -0.3 is 4.74 Å². The molecule has 6 heteroatoms. The molecule has 0 bridgehead atoms. The molecule has 3 aromatic rings. The van der Waals surface area contributed by atoms with Crippen molar-refractivity contribution in [1.29, 1.82) is 0 Å². The minimum atomic E-state index is -0.259. The molecule has 2 aromatic carbocycles. The van der Waals surface area contributed by atoms with Gasteiger partial charge in [0.1, 0.15) is 17.9 Å². The molecule has 120 valence electrons. The number of nitrogens with zero attached hydrogens (tertiary/aromatic N) is 4. The lowest BCUT2D eigenvalue weighted by Crippen LogP contribution is -2.21. The first-order valence-electron chi connectivity index (χ1n) is 7.61. The van der Waals surface area contributed by atoms with Crippen molar-refractivity contribution in [3.05, 3.63) is 71.8 Å². The summed E-state index contributed by atoms with van der Waals surface area (Å²) >= 11 is 0. The van der Waals surface area contributed by atoms with E-state index in [-0.39, 0.29) is 11.9 Å². The predicted octanol–water partition coefficient (Wildman–Crippen LogP) is 3.54. The Hall–Kier alpha value is -3.02. The summed E-state index contributed by atoms with van der Waals surface area (Å²) in [5.74, 6) is 1.10. The van der Waals surface area contributed by atoms with E-state index >= 15 is 0 Å². The highest BCUT2D eigenvalue weighted by atomic mass is 19.1. The van der Waals surface area contributed by atoms with Crippen LogP contribution in [0.3, 0.4) is 0 Å². The fourth-order valence-corrected chi connectivity index (χ4v) is 2.89. The average molecular weight is 322 g/mol. The zero-order valence-corrected chi connectivity index (χ0v) is 13.1. The lowest BCUT2D eigenvalue weighted by Gasteiger charge is -2.24. The van der Waals surface area contributed by atoms with Crippen LogP contribution in [0.15, 0.2) is 59.9 Å². The third-order valence-electron chi connectivity index (χ3n) is 4.15. The monoisotopic (exact) mass is 322 g/mol. The standard InChI is InChI=1S/C18H15FN4O/c1-24-15-8-4-13(5-9-15)17-10-16(12-2-6-14(19)7-3-12)22-18-20-11-21-23(17)18/h2-9,11,17H,10H2,1H3. The quantitative estimate of drug-likeness (QED) is 0.741. The van der Waals surface area contributed by atoms with Crippen molar-refractivity contribution in [2.75, 3.05) is 7.11 Å². The van der Waals surface area contributed by atoms with Crippen LogP contribution in [-0.4, -0.2) is 27.6 Å². The van der Waals surface area contributed by atoms with Gasteiger partial charge in [-0.1, -0.05) is 24.3 Å². The third-order valence-corrected chi connectivity index (χ3v) is 4.15. The van der Waals surface area contributed by atoms with Gasteiger partial charge in [-0.15, -0.1) is 0 Å². The van der Waals surface area contributed by atoms with Crippen molar-refractivity contribution in [1.82, 2.24) is 14.8 Å². The second kappa shape index (κ2) is 5.88. The summed E-state index contributed by atoms with van der Waals surface area (Å²) in [6.45, 7) is 0. The minimum absolute atomic E-state index is 0.00837. The molecule has 0 saturated carbocycles. The Morgan fingerprint density at radius 2 is 1.83 bits per heavy atom. The Morgan fingerprint density at radius 3 is 2.54 bits per heavy atom. The zero-order chi connectivity index (χ0) is 16.5. The van der Waals surface area contributed by atoms with Crippen LogP contribution in [0.25, 0.3) is 0 Å². The van der Waals surface area contributed by atoms with Crippen LogP contribution in [0.4, 0.5) is 10.3 Å². The fourth-order valence-electron chi connectivity index (χ4n) is 2.89. The fraction of sp³-hybridized carbons (Fsp3) is 0.167. The summed E-state index contributed by atoms with van der Waals surface area (Å²) in [5, 5.41) is 4.31. The number of hydrogen-bond acceptors (Lipinski definition) is 4. The van der Waals surface area contributed by atoms with Crippen LogP contribution in [-0.2, 0) is 0 Å². The van der Waals surface area contributed by atoms with Crippen LogP contribution < -0.4 is 4.74 Å². The number of aromatic nitrogens is 3. The van der Waals surface area contributed by atoms with Gasteiger partial charge in [-0.05, 0) is 35.4 Å². The highest BCUT2D eigenvalue weighted by molar-refractivity contribution is 6.02. The molecule has 1 aliphatic heterocycles. The summed E-state index contributed by atoms with van der Waals surface area (Å²) in [7, 11) is 1.64. The van der Waals surface area contributed by atoms with Crippen LogP contribution in [0.2, 0.25) is 0 Å². The first-order chi connectivity index (χ1) is 11.7. The summed E-state index contributed by atoms with van der Waals surface area (Å²) in [4.78, 5) is 8.80. The predicted molar refractivity (Wildman–Crippen MR) is 88.4 cm³/mol. The summed E-state index contributed by atoms with van der Waals surface area (Å²) in [5.41, 5.74) is 2.86. The SMILES string of the molecule is COc1ccc(C2CC(c3ccc(F)cc3)=Nc3ncnn32)cc1. The second-order valence-electron chi connectivity index (χ2n) is 5.56. The highest BCUT2D eigenvalue weighted by Crippen LogP contribution is 2.32. The topological polar surface area (TPSA) is 52.3 Å². The van der Waals surface area contributed by atoms with Crippen LogP contribution >= 0.6 is 0 Å². The molecule has 1 aromatic heterocycles. The van der Waals surface area contributed by atoms with Gasteiger partial charge in [0.25, 0.3) is 0 Å². The Bertz CT molecular complexity index is 884. The number of benzene rings is 2. The lowest BCUT2D eigenvalue weighted by atomic mass is 9.96. The molecule has 0 fully saturated rings. The van der Waals surface area contributed by atoms with E-state index in [2.05, 4.69) is 15.1 Å². The number of methoxy groups -OCH3 is 1. The van der Waals surface area contributed by atoms with Gasteiger partial charge in [0.15, 0.2) is 0 Å². The molecule has 0 amide bonds. The van der Waals surface area contributed by atoms with Crippen molar-refractivity contribution in [2.24, 2.45) is 4.99 Å². The third kappa shape index (κ3) is 2.56. The maximum absolute atomic E-state index is 13.2. The van der Waals surface area contributed by atoms with Gasteiger partial charge in [-0.2, -0.15) is 10.1 Å². The van der Waals surface area contributed by atoms with Gasteiger partial charge in [-0.3, -0.25) is 0 Å². The van der Waals surface area contributed by atoms with Crippen LogP contribution in [0.5, 0.6) is 5.75 Å². The van der Waals surface area contributed by atoms with E-state index in [0.717, 1.165) is 22.6 Å². The molecule has 1 unspecified atom stereocenters. The van der Waals surface area contributed by atoms with E-state index in [1.165, 1.54) is 18.5 Å². The maximum Gasteiger partial charge on any atom is 0.248 e. The number of rotatable bonds is 3. The largest absolute Gasteiger partial charge is 0.497 e. The van der Waals surface area contributed by atoms with Crippen molar-refractivity contribution < 1.29 is 9.13 Å². The Balaban J connectivity index is 1.74. The van der Waals surface area contributed by atoms with E-state index < -0.39 is 0 Å². The normalized spacial score (nSPS) is 16.4. The molecular formula is C18H15FN4O. The van der Waals surface area contributed by atoms with Gasteiger partial charge in [0.05, 0.1) is 18.9 Å². The highest BCUT2D eigenvalue weighted by Gasteiger charge is 2.26. The number of ether oxygens (including phenoxy) is 1. The molecule has 0 aliphatic carbocycles. The van der Waals surface area contributed by atoms with Crippen LogP contribution in [0, 0.1) is 5.82 Å². The number of aliphatic imine (C=N–C) groups is 1. The van der Waals surface area contributed by atoms with Crippen molar-refractivity contribution in [2.45, 2.75) is 12.5 Å². The summed E-state index contributed by atoms with van der Waals surface area (Å²) in [6.07, 6.45) is 2.16. The van der Waals surface area contributed by atoms with Crippen LogP contribution in [0.1, 0.15) is 23.6 Å². The smallest absolute Gasteiger partial charge is 0.248 e.